The van der Waals surface area contributed by atoms with Crippen LogP contribution in [0.1, 0.15) is 31.2 Å². The van der Waals surface area contributed by atoms with Crippen LogP contribution in [0.5, 0.6) is 11.8 Å². The van der Waals surface area contributed by atoms with Gasteiger partial charge in [0.2, 0.25) is 0 Å². The number of benzene rings is 3. The van der Waals surface area contributed by atoms with Crippen LogP contribution in [0.15, 0.2) is 49.0 Å². The van der Waals surface area contributed by atoms with Crippen molar-refractivity contribution in [3.63, 3.8) is 0 Å². The fourth-order valence-electron chi connectivity index (χ4n) is 7.45. The van der Waals surface area contributed by atoms with Gasteiger partial charge in [-0.2, -0.15) is 9.97 Å². The number of rotatable bonds is 11. The number of piperazine rings is 1. The van der Waals surface area contributed by atoms with Crippen molar-refractivity contribution in [2.24, 2.45) is 5.41 Å². The van der Waals surface area contributed by atoms with Crippen LogP contribution in [0.2, 0.25) is 0 Å². The van der Waals surface area contributed by atoms with E-state index < -0.39 is 11.9 Å². The molecule has 7 rings (SSSR count). The normalized spacial score (nSPS) is 19.9. The lowest BCUT2D eigenvalue weighted by atomic mass is 9.92. The predicted octanol–water partition coefficient (Wildman–Crippen LogP) is 6.27. The number of fused-ring (bicyclic) bond motifs is 4. The minimum absolute atomic E-state index is 0.0200. The van der Waals surface area contributed by atoms with Crippen molar-refractivity contribution in [1.29, 1.82) is 0 Å². The molecule has 0 radical (unpaired) electrons. The summed E-state index contributed by atoms with van der Waals surface area (Å²) in [6, 6.07) is 13.2. The van der Waals surface area contributed by atoms with E-state index in [2.05, 4.69) is 16.4 Å². The van der Waals surface area contributed by atoms with Crippen molar-refractivity contribution >= 4 is 39.7 Å². The molecule has 3 fully saturated rings. The number of nitrogens with zero attached hydrogens (tertiary/aromatic N) is 5. The summed E-state index contributed by atoms with van der Waals surface area (Å²) in [5.41, 5.74) is 1.74. The van der Waals surface area contributed by atoms with Crippen LogP contribution in [0.4, 0.5) is 15.0 Å². The molecule has 1 aromatic heterocycles. The fourth-order valence-corrected chi connectivity index (χ4v) is 7.45. The third-order valence-corrected chi connectivity index (χ3v) is 9.71. The van der Waals surface area contributed by atoms with Gasteiger partial charge in [0.15, 0.2) is 12.6 Å². The maximum Gasteiger partial charge on any atom is 0.407 e. The highest BCUT2D eigenvalue weighted by Gasteiger charge is 2.45. The maximum absolute atomic E-state index is 17.3. The summed E-state index contributed by atoms with van der Waals surface area (Å²) < 4.78 is 34.5. The van der Waals surface area contributed by atoms with Gasteiger partial charge in [0.1, 0.15) is 17.1 Å². The van der Waals surface area contributed by atoms with Crippen molar-refractivity contribution in [3.8, 4) is 22.9 Å². The number of anilines is 1. The van der Waals surface area contributed by atoms with E-state index in [0.717, 1.165) is 43.0 Å². The highest BCUT2D eigenvalue weighted by atomic mass is 19.1. The molecule has 1 amide bonds. The number of hydrogen-bond donors (Lipinski definition) is 1. The molecule has 1 N–H and O–H groups in total. The van der Waals surface area contributed by atoms with Gasteiger partial charge in [-0.25, -0.2) is 9.18 Å². The van der Waals surface area contributed by atoms with Crippen LogP contribution in [-0.4, -0.2) is 97.3 Å². The summed E-state index contributed by atoms with van der Waals surface area (Å²) in [6.45, 7) is 6.32. The molecule has 2 atom stereocenters. The van der Waals surface area contributed by atoms with E-state index in [9.17, 15) is 9.90 Å². The van der Waals surface area contributed by atoms with Gasteiger partial charge in [-0.15, -0.1) is 0 Å². The van der Waals surface area contributed by atoms with Crippen molar-refractivity contribution in [1.82, 2.24) is 19.8 Å². The zero-order valence-electron chi connectivity index (χ0n) is 27.0. The largest absolute Gasteiger partial charge is 0.468 e. The van der Waals surface area contributed by atoms with E-state index in [-0.39, 0.29) is 35.8 Å². The number of methoxy groups -OCH3 is 1. The van der Waals surface area contributed by atoms with Crippen LogP contribution in [0, 0.1) is 11.2 Å². The molecule has 10 nitrogen and oxygen atoms in total. The molecule has 246 valence electrons. The highest BCUT2D eigenvalue weighted by molar-refractivity contribution is 6.04. The molecule has 3 aliphatic rings. The number of carbonyl (C=O) groups is 1. The average molecular weight is 642 g/mol. The summed E-state index contributed by atoms with van der Waals surface area (Å²) in [6.07, 6.45) is 4.38. The summed E-state index contributed by atoms with van der Waals surface area (Å²) in [5, 5.41) is 12.1. The Morgan fingerprint density at radius 3 is 2.51 bits per heavy atom. The van der Waals surface area contributed by atoms with Gasteiger partial charge in [-0.05, 0) is 79.9 Å². The van der Waals surface area contributed by atoms with Crippen LogP contribution in [0.3, 0.4) is 0 Å². The van der Waals surface area contributed by atoms with Crippen LogP contribution in [0.25, 0.3) is 38.9 Å². The van der Waals surface area contributed by atoms with Gasteiger partial charge in [0.05, 0.1) is 18.7 Å². The number of hydrogen-bond acceptors (Lipinski definition) is 8. The number of amides is 1. The van der Waals surface area contributed by atoms with Gasteiger partial charge in [0, 0.05) is 43.1 Å². The third-order valence-electron chi connectivity index (χ3n) is 9.71. The zero-order chi connectivity index (χ0) is 32.9. The average Bonchev–Trinajstić information content (AvgIpc) is 3.76. The molecule has 11 heteroatoms. The monoisotopic (exact) mass is 641 g/mol. The van der Waals surface area contributed by atoms with Crippen LogP contribution >= 0.6 is 0 Å². The van der Waals surface area contributed by atoms with Crippen molar-refractivity contribution in [3.05, 3.63) is 60.4 Å². The van der Waals surface area contributed by atoms with E-state index >= 15 is 4.39 Å². The van der Waals surface area contributed by atoms with Crippen molar-refractivity contribution < 1.29 is 28.5 Å². The van der Waals surface area contributed by atoms with Gasteiger partial charge in [-0.3, -0.25) is 4.90 Å². The molecule has 1 aliphatic carbocycles. The number of ether oxygens (including phenoxy) is 3. The van der Waals surface area contributed by atoms with E-state index in [0.29, 0.717) is 53.3 Å². The summed E-state index contributed by atoms with van der Waals surface area (Å²) >= 11 is 0. The van der Waals surface area contributed by atoms with Crippen molar-refractivity contribution in [2.75, 3.05) is 59.1 Å². The first kappa shape index (κ1) is 31.1. The lowest BCUT2D eigenvalue weighted by molar-refractivity contribution is 0.0512. The molecule has 1 saturated carbocycles. The third kappa shape index (κ3) is 5.82. The number of halogens is 1. The molecule has 4 aromatic rings. The quantitative estimate of drug-likeness (QED) is 0.190. The fraction of sp³-hybridized carbons (Fsp3) is 0.417. The second-order valence-electron chi connectivity index (χ2n) is 13.3. The minimum atomic E-state index is -0.905. The molecule has 3 heterocycles. The maximum atomic E-state index is 17.3. The second kappa shape index (κ2) is 12.3. The Morgan fingerprint density at radius 1 is 1.11 bits per heavy atom. The Balaban J connectivity index is 1.39. The predicted molar refractivity (Wildman–Crippen MR) is 180 cm³/mol. The Labute approximate surface area is 273 Å². The van der Waals surface area contributed by atoms with Gasteiger partial charge in [-0.1, -0.05) is 36.9 Å². The first-order valence-electron chi connectivity index (χ1n) is 16.1. The number of aromatic nitrogens is 2. The summed E-state index contributed by atoms with van der Waals surface area (Å²) in [4.78, 5) is 27.4. The van der Waals surface area contributed by atoms with Crippen LogP contribution in [-0.2, 0) is 4.74 Å². The zero-order valence-corrected chi connectivity index (χ0v) is 27.0. The highest BCUT2D eigenvalue weighted by Crippen LogP contribution is 2.47. The summed E-state index contributed by atoms with van der Waals surface area (Å²) in [7, 11) is 5.64. The first-order chi connectivity index (χ1) is 22.7. The summed E-state index contributed by atoms with van der Waals surface area (Å²) in [5.74, 6) is 0.575. The molecule has 2 bridgehead atoms. The molecule has 2 aliphatic heterocycles. The van der Waals surface area contributed by atoms with Gasteiger partial charge in [0.25, 0.3) is 0 Å². The lowest BCUT2D eigenvalue weighted by Gasteiger charge is -2.40. The molecule has 2 unspecified atom stereocenters. The molecular weight excluding hydrogens is 601 g/mol. The van der Waals surface area contributed by atoms with E-state index in [4.69, 9.17) is 24.2 Å². The molecule has 0 spiro atoms. The Bertz CT molecular complexity index is 1850. The van der Waals surface area contributed by atoms with E-state index in [1.54, 1.807) is 18.1 Å². The first-order valence-corrected chi connectivity index (χ1v) is 16.1. The Kier molecular flexibility index (Phi) is 8.13. The van der Waals surface area contributed by atoms with Gasteiger partial charge < -0.3 is 29.1 Å². The molecule has 47 heavy (non-hydrogen) atoms. The topological polar surface area (TPSA) is 100 Å². The minimum Gasteiger partial charge on any atom is -0.468 e. The molecule has 2 saturated heterocycles. The molecule has 3 aromatic carbocycles. The van der Waals surface area contributed by atoms with E-state index in [1.165, 1.54) is 0 Å². The van der Waals surface area contributed by atoms with Crippen LogP contribution < -0.4 is 14.4 Å². The standard InChI is InChI=1S/C36H40FN5O5/c1-5-22-15-29-32(31(37)30(22)28-16-26(47-21-45-4)14-23-8-6-7-9-27(23)28)38-34(46-20-36(12-13-36)19-40(2)3)39-33(29)41-17-24-10-11-25(18-41)42(24)35(43)44/h5-9,14-16,24-25H,1,10-13,17-21H2,2-4H3,(H,43,44). The van der Waals surface area contributed by atoms with E-state index in [1.807, 2.05) is 56.6 Å². The smallest absolute Gasteiger partial charge is 0.407 e. The molecular formula is C36H40FN5O5. The van der Waals surface area contributed by atoms with Crippen molar-refractivity contribution in [2.45, 2.75) is 37.8 Å². The Hall–Kier alpha value is -4.48. The second-order valence-corrected chi connectivity index (χ2v) is 13.3. The lowest BCUT2D eigenvalue weighted by Crippen LogP contribution is -2.55. The van der Waals surface area contributed by atoms with Gasteiger partial charge >= 0.3 is 12.1 Å². The SMILES string of the molecule is C=Cc1cc2c(N3CC4CCC(C3)N4C(=O)O)nc(OCC3(CN(C)C)CC3)nc2c(F)c1-c1cc(OCOC)cc2ccccc12. The Morgan fingerprint density at radius 2 is 1.85 bits per heavy atom. The number of carboxylic acid groups (broad SMARTS) is 1.